The van der Waals surface area contributed by atoms with Gasteiger partial charge in [0.15, 0.2) is 6.10 Å². The first-order valence-electron chi connectivity index (χ1n) is 33.0. The van der Waals surface area contributed by atoms with Crippen LogP contribution in [-0.4, -0.2) is 37.2 Å². The highest BCUT2D eigenvalue weighted by molar-refractivity contribution is 5.71. The Morgan fingerprint density at radius 3 is 0.785 bits per heavy atom. The van der Waals surface area contributed by atoms with Crippen molar-refractivity contribution in [3.8, 4) is 0 Å². The quantitative estimate of drug-likeness (QED) is 0.0261. The molecule has 6 heteroatoms. The summed E-state index contributed by atoms with van der Waals surface area (Å²) < 4.78 is 16.9. The number of allylic oxidation sites excluding steroid dienone is 20. The molecule has 0 radical (unpaired) electrons. The van der Waals surface area contributed by atoms with Gasteiger partial charge in [0.1, 0.15) is 13.2 Å². The normalized spacial score (nSPS) is 12.9. The number of carbonyl (C=O) groups excluding carboxylic acids is 3. The minimum atomic E-state index is -0.811. The van der Waals surface area contributed by atoms with E-state index < -0.39 is 6.10 Å². The molecule has 1 atom stereocenters. The fourth-order valence-corrected chi connectivity index (χ4v) is 9.04. The molecule has 0 amide bonds. The fourth-order valence-electron chi connectivity index (χ4n) is 9.04. The average molecular weight is 1100 g/mol. The Morgan fingerprint density at radius 2 is 0.494 bits per heavy atom. The van der Waals surface area contributed by atoms with E-state index >= 15 is 0 Å². The highest BCUT2D eigenvalue weighted by atomic mass is 16.6. The van der Waals surface area contributed by atoms with Crippen molar-refractivity contribution in [3.05, 3.63) is 122 Å². The largest absolute Gasteiger partial charge is 0.462 e. The Morgan fingerprint density at radius 1 is 0.266 bits per heavy atom. The van der Waals surface area contributed by atoms with E-state index in [-0.39, 0.29) is 37.5 Å². The third kappa shape index (κ3) is 64.5. The van der Waals surface area contributed by atoms with Crippen LogP contribution in [0.2, 0.25) is 0 Å². The number of ether oxygens (including phenoxy) is 3. The Balaban J connectivity index is 4.30. The molecule has 0 heterocycles. The smallest absolute Gasteiger partial charge is 0.306 e. The number of hydrogen-bond donors (Lipinski definition) is 0. The minimum Gasteiger partial charge on any atom is -0.462 e. The zero-order chi connectivity index (χ0) is 57.1. The van der Waals surface area contributed by atoms with Crippen LogP contribution in [0.15, 0.2) is 122 Å². The number of carbonyl (C=O) groups is 3. The topological polar surface area (TPSA) is 78.9 Å². The van der Waals surface area contributed by atoms with E-state index in [1.165, 1.54) is 135 Å². The monoisotopic (exact) mass is 1090 g/mol. The van der Waals surface area contributed by atoms with Gasteiger partial charge in [-0.1, -0.05) is 277 Å². The second-order valence-electron chi connectivity index (χ2n) is 21.6. The zero-order valence-electron chi connectivity index (χ0n) is 51.6. The van der Waals surface area contributed by atoms with Gasteiger partial charge < -0.3 is 14.2 Å². The molecule has 0 bridgehead atoms. The third-order valence-corrected chi connectivity index (χ3v) is 13.9. The lowest BCUT2D eigenvalue weighted by Gasteiger charge is -2.18. The van der Waals surface area contributed by atoms with Crippen LogP contribution in [-0.2, 0) is 28.6 Å². The van der Waals surface area contributed by atoms with Crippen molar-refractivity contribution in [2.24, 2.45) is 0 Å². The number of rotatable bonds is 59. The van der Waals surface area contributed by atoms with Gasteiger partial charge in [0.2, 0.25) is 0 Å². The Labute approximate surface area is 488 Å². The highest BCUT2D eigenvalue weighted by Crippen LogP contribution is 2.16. The maximum atomic E-state index is 12.9. The van der Waals surface area contributed by atoms with Crippen LogP contribution < -0.4 is 0 Å². The van der Waals surface area contributed by atoms with E-state index in [2.05, 4.69) is 142 Å². The van der Waals surface area contributed by atoms with Gasteiger partial charge in [0, 0.05) is 19.3 Å². The van der Waals surface area contributed by atoms with Crippen molar-refractivity contribution < 1.29 is 28.6 Å². The molecule has 0 aromatic heterocycles. The Hall–Kier alpha value is -4.19. The molecule has 0 saturated heterocycles. The van der Waals surface area contributed by atoms with Gasteiger partial charge in [-0.3, -0.25) is 14.4 Å². The van der Waals surface area contributed by atoms with Gasteiger partial charge in [0.25, 0.3) is 0 Å². The first-order valence-corrected chi connectivity index (χ1v) is 33.0. The lowest BCUT2D eigenvalue weighted by atomic mass is 10.0. The van der Waals surface area contributed by atoms with Crippen LogP contribution in [0, 0.1) is 0 Å². The van der Waals surface area contributed by atoms with Crippen LogP contribution in [0.5, 0.6) is 0 Å². The van der Waals surface area contributed by atoms with E-state index in [1.807, 2.05) is 0 Å². The molecule has 0 fully saturated rings. The van der Waals surface area contributed by atoms with E-state index in [9.17, 15) is 14.4 Å². The molecule has 79 heavy (non-hydrogen) atoms. The lowest BCUT2D eigenvalue weighted by molar-refractivity contribution is -0.167. The van der Waals surface area contributed by atoms with Crippen molar-refractivity contribution >= 4 is 17.9 Å². The Bertz CT molecular complexity index is 1640. The molecular weight excluding hydrogens is 973 g/mol. The number of unbranched alkanes of at least 4 members (excludes halogenated alkanes) is 28. The van der Waals surface area contributed by atoms with Gasteiger partial charge >= 0.3 is 17.9 Å². The Kier molecular flexibility index (Phi) is 62.8. The molecule has 0 aliphatic carbocycles. The molecule has 0 spiro atoms. The number of hydrogen-bond acceptors (Lipinski definition) is 6. The summed E-state index contributed by atoms with van der Waals surface area (Å²) in [5.74, 6) is -0.960. The summed E-state index contributed by atoms with van der Waals surface area (Å²) >= 11 is 0. The third-order valence-electron chi connectivity index (χ3n) is 13.9. The van der Waals surface area contributed by atoms with Gasteiger partial charge in [-0.25, -0.2) is 0 Å². The first-order chi connectivity index (χ1) is 39.0. The van der Waals surface area contributed by atoms with Crippen LogP contribution >= 0.6 is 0 Å². The van der Waals surface area contributed by atoms with Gasteiger partial charge in [-0.2, -0.15) is 0 Å². The molecule has 6 nitrogen and oxygen atoms in total. The van der Waals surface area contributed by atoms with E-state index in [1.54, 1.807) is 0 Å². The molecule has 450 valence electrons. The van der Waals surface area contributed by atoms with Crippen molar-refractivity contribution in [1.82, 2.24) is 0 Å². The highest BCUT2D eigenvalue weighted by Gasteiger charge is 2.19. The summed E-state index contributed by atoms with van der Waals surface area (Å²) in [5.41, 5.74) is 0. The zero-order valence-corrected chi connectivity index (χ0v) is 51.6. The standard InChI is InChI=1S/C73H122O6/c1-4-7-10-13-16-19-22-25-27-29-31-32-33-34-35-36-37-38-39-40-42-43-45-48-51-54-57-60-63-66-72(75)78-69-70(68-77-71(74)65-62-59-56-53-50-47-24-21-18-15-12-9-6-3)79-73(76)67-64-61-58-55-52-49-46-44-41-30-28-26-23-20-17-14-11-8-5-2/h8-9,11-12,17-18,20-22,25-26,28-29,31,41,44,47,49-50,52,70H,4-7,10,13-16,19,23-24,27,30,32-40,42-43,45-46,48,51,53-69H2,1-3H3/b11-8-,12-9-,20-17-,21-18-,25-22-,28-26-,31-29-,44-41-,50-47-,52-49-. The SMILES string of the molecule is CC/C=C\C/C=C\C/C=C\C/C=C\C/C=C\CCCCCC(=O)OC(COC(=O)CCCCC/C=C\C/C=C\C/C=C\CC)COC(=O)CCCCCCCCCCCCCCCCCCC/C=C\C/C=C\CCCCCCC. The van der Waals surface area contributed by atoms with Crippen LogP contribution in [0.1, 0.15) is 303 Å². The second-order valence-corrected chi connectivity index (χ2v) is 21.6. The average Bonchev–Trinajstić information content (AvgIpc) is 3.45. The fraction of sp³-hybridized carbons (Fsp3) is 0.685. The lowest BCUT2D eigenvalue weighted by Crippen LogP contribution is -2.30. The van der Waals surface area contributed by atoms with Crippen LogP contribution in [0.3, 0.4) is 0 Å². The summed E-state index contributed by atoms with van der Waals surface area (Å²) in [6, 6.07) is 0. The second kappa shape index (κ2) is 66.3. The molecular formula is C73H122O6. The van der Waals surface area contributed by atoms with E-state index in [4.69, 9.17) is 14.2 Å². The van der Waals surface area contributed by atoms with E-state index in [0.29, 0.717) is 12.8 Å². The van der Waals surface area contributed by atoms with Crippen molar-refractivity contribution in [2.45, 2.75) is 309 Å². The van der Waals surface area contributed by atoms with Crippen molar-refractivity contribution in [2.75, 3.05) is 13.2 Å². The predicted octanol–water partition coefficient (Wildman–Crippen LogP) is 22.8. The van der Waals surface area contributed by atoms with Crippen LogP contribution in [0.4, 0.5) is 0 Å². The number of esters is 3. The summed E-state index contributed by atoms with van der Waals surface area (Å²) in [5, 5.41) is 0. The molecule has 0 aliphatic rings. The molecule has 0 N–H and O–H groups in total. The summed E-state index contributed by atoms with van der Waals surface area (Å²) in [6.45, 7) is 6.37. The maximum absolute atomic E-state index is 12.9. The van der Waals surface area contributed by atoms with Gasteiger partial charge in [0.05, 0.1) is 0 Å². The molecule has 0 aliphatic heterocycles. The first kappa shape index (κ1) is 74.8. The molecule has 0 saturated carbocycles. The van der Waals surface area contributed by atoms with Crippen molar-refractivity contribution in [1.29, 1.82) is 0 Å². The van der Waals surface area contributed by atoms with Gasteiger partial charge in [-0.05, 0) is 128 Å². The summed E-state index contributed by atoms with van der Waals surface area (Å²) in [4.78, 5) is 38.3. The molecule has 0 aromatic rings. The van der Waals surface area contributed by atoms with E-state index in [0.717, 1.165) is 128 Å². The van der Waals surface area contributed by atoms with Crippen LogP contribution in [0.25, 0.3) is 0 Å². The predicted molar refractivity (Wildman–Crippen MR) is 343 cm³/mol. The van der Waals surface area contributed by atoms with Crippen molar-refractivity contribution in [3.63, 3.8) is 0 Å². The maximum Gasteiger partial charge on any atom is 0.306 e. The molecule has 0 rings (SSSR count). The summed E-state index contributed by atoms with van der Waals surface area (Å²) in [6.07, 6.45) is 92.3. The summed E-state index contributed by atoms with van der Waals surface area (Å²) in [7, 11) is 0. The molecule has 0 aromatic carbocycles. The molecule has 1 unspecified atom stereocenters. The van der Waals surface area contributed by atoms with Gasteiger partial charge in [-0.15, -0.1) is 0 Å². The minimum absolute atomic E-state index is 0.102.